The molecule has 0 unspecified atom stereocenters. The molecule has 0 heterocycles. The molecule has 0 aliphatic rings. The second-order valence-corrected chi connectivity index (χ2v) is 7.65. The number of hydrogen-bond acceptors (Lipinski definition) is 0. The van der Waals surface area contributed by atoms with Crippen molar-refractivity contribution in [2.24, 2.45) is 0 Å². The van der Waals surface area contributed by atoms with Gasteiger partial charge in [0.15, 0.2) is 0 Å². The van der Waals surface area contributed by atoms with E-state index in [1.54, 1.807) is 0 Å². The lowest BCUT2D eigenvalue weighted by molar-refractivity contribution is -0.462. The summed E-state index contributed by atoms with van der Waals surface area (Å²) in [6, 6.07) is 1.04. The van der Waals surface area contributed by atoms with Crippen molar-refractivity contribution in [2.45, 2.75) is 75.3 Å². The Morgan fingerprint density at radius 3 is 0.943 bits per heavy atom. The van der Waals surface area contributed by atoms with E-state index in [0.717, 1.165) is 19.9 Å². The number of halogens is 17. The van der Waals surface area contributed by atoms with Crippen LogP contribution in [-0.4, -0.2) is 41.7 Å². The van der Waals surface area contributed by atoms with Crippen molar-refractivity contribution >= 4 is 0 Å². The molecule has 1 aromatic rings. The highest BCUT2D eigenvalue weighted by Crippen LogP contribution is 2.65. The summed E-state index contributed by atoms with van der Waals surface area (Å²) in [7, 11) is 0. The Bertz CT molecular complexity index is 942. The predicted octanol–water partition coefficient (Wildman–Crippen LogP) is 8.39. The topological polar surface area (TPSA) is 0 Å². The number of hydrogen-bond donors (Lipinski definition) is 0. The summed E-state index contributed by atoms with van der Waals surface area (Å²) in [5, 5.41) is 0. The Morgan fingerprint density at radius 1 is 0.400 bits per heavy atom. The standard InChI is InChI=1S/C18H13F17/c1-6-5-7(2)9(4)10(8(6)3)11(19,20)12(21,22)13(23,24)14(25,26)15(27,28)16(29,30)17(31,32)18(33,34)35/h5H,1-4H3. The molecule has 0 spiro atoms. The van der Waals surface area contributed by atoms with Gasteiger partial charge in [-0.2, -0.15) is 74.6 Å². The highest BCUT2D eigenvalue weighted by Gasteiger charge is 2.95. The molecule has 17 heteroatoms. The first-order valence-electron chi connectivity index (χ1n) is 8.79. The lowest BCUT2D eigenvalue weighted by Crippen LogP contribution is -2.74. The average Bonchev–Trinajstić information content (AvgIpc) is 2.64. The summed E-state index contributed by atoms with van der Waals surface area (Å²) in [6.45, 7) is 3.12. The molecule has 0 fully saturated rings. The minimum absolute atomic E-state index is 0.324. The number of benzene rings is 1. The van der Waals surface area contributed by atoms with E-state index in [0.29, 0.717) is 13.8 Å². The van der Waals surface area contributed by atoms with Crippen molar-refractivity contribution < 1.29 is 74.6 Å². The maximum absolute atomic E-state index is 14.6. The van der Waals surface area contributed by atoms with Crippen LogP contribution in [0, 0.1) is 27.7 Å². The van der Waals surface area contributed by atoms with Crippen LogP contribution in [0.4, 0.5) is 74.6 Å². The zero-order valence-electron chi connectivity index (χ0n) is 17.5. The van der Waals surface area contributed by atoms with E-state index in [1.165, 1.54) is 0 Å². The molecule has 0 aliphatic carbocycles. The molecule has 0 nitrogen and oxygen atoms in total. The fraction of sp³-hybridized carbons (Fsp3) is 0.667. The molecule has 1 aromatic carbocycles. The number of alkyl halides is 17. The molecule has 0 aromatic heterocycles. The van der Waals surface area contributed by atoms with Gasteiger partial charge in [0.25, 0.3) is 0 Å². The zero-order valence-corrected chi connectivity index (χ0v) is 17.5. The first-order valence-corrected chi connectivity index (χ1v) is 8.79. The summed E-state index contributed by atoms with van der Waals surface area (Å²) in [4.78, 5) is 0. The molecule has 0 saturated carbocycles. The maximum Gasteiger partial charge on any atom is 0.460 e. The molecule has 0 radical (unpaired) electrons. The SMILES string of the molecule is Cc1cc(C)c(C)c(C(F)(F)C(F)(F)C(F)(F)C(F)(F)C(F)(F)C(F)(F)C(F)(F)C(F)(F)F)c1C. The van der Waals surface area contributed by atoms with Crippen molar-refractivity contribution in [1.29, 1.82) is 0 Å². The van der Waals surface area contributed by atoms with Crippen LogP contribution in [0.2, 0.25) is 0 Å². The fourth-order valence-corrected chi connectivity index (χ4v) is 3.01. The second kappa shape index (κ2) is 8.02. The highest BCUT2D eigenvalue weighted by atomic mass is 19.4. The minimum Gasteiger partial charge on any atom is -0.194 e. The lowest BCUT2D eigenvalue weighted by Gasteiger charge is -2.43. The predicted molar refractivity (Wildman–Crippen MR) is 85.0 cm³/mol. The van der Waals surface area contributed by atoms with Crippen LogP contribution in [0.3, 0.4) is 0 Å². The average molecular weight is 552 g/mol. The first kappa shape index (κ1) is 31.1. The third kappa shape index (κ3) is 3.81. The second-order valence-electron chi connectivity index (χ2n) is 7.65. The van der Waals surface area contributed by atoms with Crippen molar-refractivity contribution in [3.05, 3.63) is 33.9 Å². The lowest BCUT2D eigenvalue weighted by atomic mass is 9.83. The maximum atomic E-state index is 14.6. The monoisotopic (exact) mass is 552 g/mol. The van der Waals surface area contributed by atoms with Crippen LogP contribution in [0.5, 0.6) is 0 Å². The minimum atomic E-state index is -8.63. The van der Waals surface area contributed by atoms with Crippen molar-refractivity contribution in [3.8, 4) is 0 Å². The van der Waals surface area contributed by atoms with Gasteiger partial charge in [0.05, 0.1) is 0 Å². The van der Waals surface area contributed by atoms with E-state index in [4.69, 9.17) is 0 Å². The quantitative estimate of drug-likeness (QED) is 0.298. The Labute approximate surface area is 185 Å². The number of rotatable bonds is 7. The molecule has 0 bridgehead atoms. The van der Waals surface area contributed by atoms with Gasteiger partial charge in [-0.3, -0.25) is 0 Å². The molecule has 0 amide bonds. The normalized spacial score (nSPS) is 15.6. The molecule has 0 saturated heterocycles. The van der Waals surface area contributed by atoms with E-state index < -0.39 is 64.3 Å². The Morgan fingerprint density at radius 2 is 0.657 bits per heavy atom. The first-order chi connectivity index (χ1) is 15.0. The summed E-state index contributed by atoms with van der Waals surface area (Å²) >= 11 is 0. The van der Waals surface area contributed by atoms with E-state index in [-0.39, 0.29) is 11.1 Å². The van der Waals surface area contributed by atoms with Gasteiger partial charge in [-0.15, -0.1) is 0 Å². The summed E-state index contributed by atoms with van der Waals surface area (Å²) in [6.07, 6.45) is -7.77. The Hall–Kier alpha value is -1.97. The molecule has 0 N–H and O–H groups in total. The van der Waals surface area contributed by atoms with Crippen LogP contribution in [0.15, 0.2) is 6.07 Å². The largest absolute Gasteiger partial charge is 0.460 e. The van der Waals surface area contributed by atoms with Crippen LogP contribution in [0.1, 0.15) is 27.8 Å². The van der Waals surface area contributed by atoms with E-state index in [9.17, 15) is 74.6 Å². The molecule has 0 aliphatic heterocycles. The van der Waals surface area contributed by atoms with Crippen molar-refractivity contribution in [3.63, 3.8) is 0 Å². The van der Waals surface area contributed by atoms with Gasteiger partial charge in [0, 0.05) is 5.56 Å². The summed E-state index contributed by atoms with van der Waals surface area (Å²) in [5.74, 6) is -56.5. The van der Waals surface area contributed by atoms with Gasteiger partial charge >= 0.3 is 47.6 Å². The third-order valence-corrected chi connectivity index (χ3v) is 5.40. The Kier molecular flexibility index (Phi) is 7.11. The van der Waals surface area contributed by atoms with Gasteiger partial charge in [-0.05, 0) is 49.9 Å². The molecule has 204 valence electrons. The number of aryl methyl sites for hydroxylation is 2. The molecular weight excluding hydrogens is 539 g/mol. The summed E-state index contributed by atoms with van der Waals surface area (Å²) < 4.78 is 229. The molecule has 1 rings (SSSR count). The van der Waals surface area contributed by atoms with Gasteiger partial charge in [-0.1, -0.05) is 6.07 Å². The highest BCUT2D eigenvalue weighted by molar-refractivity contribution is 5.47. The van der Waals surface area contributed by atoms with Crippen molar-refractivity contribution in [1.82, 2.24) is 0 Å². The molecule has 0 atom stereocenters. The summed E-state index contributed by atoms with van der Waals surface area (Å²) in [5.41, 5.74) is -4.65. The fourth-order valence-electron chi connectivity index (χ4n) is 3.01. The van der Waals surface area contributed by atoms with Crippen LogP contribution < -0.4 is 0 Å². The zero-order chi connectivity index (χ0) is 28.6. The van der Waals surface area contributed by atoms with E-state index in [2.05, 4.69) is 0 Å². The van der Waals surface area contributed by atoms with Gasteiger partial charge < -0.3 is 0 Å². The van der Waals surface area contributed by atoms with E-state index in [1.807, 2.05) is 0 Å². The van der Waals surface area contributed by atoms with Crippen LogP contribution in [0.25, 0.3) is 0 Å². The van der Waals surface area contributed by atoms with Gasteiger partial charge in [-0.25, -0.2) is 0 Å². The van der Waals surface area contributed by atoms with E-state index >= 15 is 0 Å². The van der Waals surface area contributed by atoms with Gasteiger partial charge in [0.1, 0.15) is 0 Å². The van der Waals surface area contributed by atoms with Crippen LogP contribution in [-0.2, 0) is 5.92 Å². The van der Waals surface area contributed by atoms with Crippen LogP contribution >= 0.6 is 0 Å². The smallest absolute Gasteiger partial charge is 0.194 e. The third-order valence-electron chi connectivity index (χ3n) is 5.40. The molecular formula is C18H13F17. The Balaban J connectivity index is 3.90. The van der Waals surface area contributed by atoms with Gasteiger partial charge in [0.2, 0.25) is 0 Å². The van der Waals surface area contributed by atoms with Crippen molar-refractivity contribution in [2.75, 3.05) is 0 Å². The molecule has 35 heavy (non-hydrogen) atoms.